The van der Waals surface area contributed by atoms with Crippen LogP contribution in [0.3, 0.4) is 0 Å². The molecule has 2 unspecified atom stereocenters. The highest BCUT2D eigenvalue weighted by atomic mass is 16.5. The van der Waals surface area contributed by atoms with Crippen molar-refractivity contribution >= 4 is 24.0 Å². The Morgan fingerprint density at radius 1 is 0.760 bits per heavy atom. The van der Waals surface area contributed by atoms with Crippen molar-refractivity contribution < 1.29 is 28.7 Å². The molecule has 1 saturated carbocycles. The molecule has 3 rings (SSSR count). The molecule has 0 aromatic heterocycles. The van der Waals surface area contributed by atoms with E-state index in [2.05, 4.69) is 43.5 Å². The van der Waals surface area contributed by atoms with Gasteiger partial charge in [0.05, 0.1) is 13.2 Å². The third kappa shape index (κ3) is 15.6. The summed E-state index contributed by atoms with van der Waals surface area (Å²) in [7, 11) is 3.53. The minimum absolute atomic E-state index is 0.0133. The van der Waals surface area contributed by atoms with Gasteiger partial charge in [0.25, 0.3) is 0 Å². The maximum atomic E-state index is 12.8. The number of hydrogen-bond donors (Lipinski definition) is 2. The van der Waals surface area contributed by atoms with Gasteiger partial charge in [0.1, 0.15) is 0 Å². The summed E-state index contributed by atoms with van der Waals surface area (Å²) in [6.07, 6.45) is 6.60. The van der Waals surface area contributed by atoms with Gasteiger partial charge >= 0.3 is 18.1 Å². The van der Waals surface area contributed by atoms with Crippen LogP contribution in [0.25, 0.3) is 0 Å². The third-order valence-electron chi connectivity index (χ3n) is 9.42. The van der Waals surface area contributed by atoms with E-state index in [0.29, 0.717) is 51.9 Å². The molecule has 1 aliphatic carbocycles. The average molecular weight is 693 g/mol. The molecule has 0 bridgehead atoms. The van der Waals surface area contributed by atoms with E-state index in [-0.39, 0.29) is 47.9 Å². The van der Waals surface area contributed by atoms with Gasteiger partial charge in [-0.25, -0.2) is 9.59 Å². The molecule has 4 amide bonds. The number of aryl methyl sites for hydroxylation is 1. The molecular formula is C40H60N4O6. The monoisotopic (exact) mass is 692 g/mol. The Hall–Kier alpha value is -4.08. The fourth-order valence-corrected chi connectivity index (χ4v) is 7.31. The lowest BCUT2D eigenvalue weighted by Crippen LogP contribution is -2.44. The van der Waals surface area contributed by atoms with Crippen LogP contribution in [-0.4, -0.2) is 87.3 Å². The summed E-state index contributed by atoms with van der Waals surface area (Å²) >= 11 is 0. The second-order valence-electron chi connectivity index (χ2n) is 15.1. The molecule has 10 nitrogen and oxygen atoms in total. The molecule has 10 heteroatoms. The van der Waals surface area contributed by atoms with Gasteiger partial charge in [-0.05, 0) is 79.2 Å². The lowest BCUT2D eigenvalue weighted by molar-refractivity contribution is -0.146. The first-order valence-corrected chi connectivity index (χ1v) is 18.2. The van der Waals surface area contributed by atoms with E-state index in [1.54, 1.807) is 23.9 Å². The maximum absolute atomic E-state index is 12.8. The average Bonchev–Trinajstić information content (AvgIpc) is 3.07. The number of ether oxygens (including phenoxy) is 2. The van der Waals surface area contributed by atoms with E-state index in [1.165, 1.54) is 11.1 Å². The van der Waals surface area contributed by atoms with E-state index in [0.717, 1.165) is 38.5 Å². The van der Waals surface area contributed by atoms with Crippen molar-refractivity contribution in [1.82, 2.24) is 20.4 Å². The van der Waals surface area contributed by atoms with Crippen molar-refractivity contribution in [1.29, 1.82) is 0 Å². The number of carbonyl (C=O) groups is 4. The predicted octanol–water partition coefficient (Wildman–Crippen LogP) is 6.62. The summed E-state index contributed by atoms with van der Waals surface area (Å²) in [5.41, 5.74) is 2.23. The quantitative estimate of drug-likeness (QED) is 0.126. The molecule has 2 N–H and O–H groups in total. The van der Waals surface area contributed by atoms with Crippen LogP contribution in [0, 0.1) is 16.7 Å². The number of nitrogens with one attached hydrogen (secondary N) is 2. The first-order chi connectivity index (χ1) is 23.8. The predicted molar refractivity (Wildman–Crippen MR) is 197 cm³/mol. The number of nitrogens with zero attached hydrogens (tertiary/aromatic N) is 2. The van der Waals surface area contributed by atoms with Gasteiger partial charge in [-0.2, -0.15) is 0 Å². The lowest BCUT2D eigenvalue weighted by atomic mass is 9.60. The molecule has 0 saturated heterocycles. The summed E-state index contributed by atoms with van der Waals surface area (Å²) in [6, 6.07) is 20.0. The minimum Gasteiger partial charge on any atom is -0.466 e. The highest BCUT2D eigenvalue weighted by Crippen LogP contribution is 2.49. The second kappa shape index (κ2) is 20.6. The van der Waals surface area contributed by atoms with Gasteiger partial charge in [-0.1, -0.05) is 81.4 Å². The summed E-state index contributed by atoms with van der Waals surface area (Å²) in [5, 5.41) is 5.86. The fourth-order valence-electron chi connectivity index (χ4n) is 7.31. The van der Waals surface area contributed by atoms with Crippen molar-refractivity contribution in [2.45, 2.75) is 85.0 Å². The highest BCUT2D eigenvalue weighted by Gasteiger charge is 2.42. The Balaban J connectivity index is 1.28. The fraction of sp³-hybridized carbons (Fsp3) is 0.600. The first-order valence-electron chi connectivity index (χ1n) is 18.2. The highest BCUT2D eigenvalue weighted by molar-refractivity contribution is 5.76. The Morgan fingerprint density at radius 3 is 2.02 bits per heavy atom. The van der Waals surface area contributed by atoms with Crippen LogP contribution in [0.15, 0.2) is 60.7 Å². The van der Waals surface area contributed by atoms with Crippen LogP contribution < -0.4 is 10.6 Å². The first kappa shape index (κ1) is 40.4. The van der Waals surface area contributed by atoms with E-state index in [1.807, 2.05) is 48.5 Å². The van der Waals surface area contributed by atoms with E-state index in [4.69, 9.17) is 9.47 Å². The van der Waals surface area contributed by atoms with E-state index < -0.39 is 6.09 Å². The number of amides is 4. The number of hydrogen-bond acceptors (Lipinski definition) is 6. The zero-order valence-electron chi connectivity index (χ0n) is 31.0. The Bertz CT molecular complexity index is 1340. The van der Waals surface area contributed by atoms with Crippen LogP contribution in [0.1, 0.15) is 83.3 Å². The van der Waals surface area contributed by atoms with Crippen LogP contribution in [0.4, 0.5) is 9.59 Å². The van der Waals surface area contributed by atoms with Crippen molar-refractivity contribution in [2.24, 2.45) is 16.7 Å². The Labute approximate surface area is 299 Å². The van der Waals surface area contributed by atoms with Gasteiger partial charge in [-0.3, -0.25) is 9.59 Å². The van der Waals surface area contributed by atoms with Gasteiger partial charge in [-0.15, -0.1) is 0 Å². The lowest BCUT2D eigenvalue weighted by Gasteiger charge is -2.46. The molecule has 0 spiro atoms. The molecule has 2 aromatic carbocycles. The number of rotatable bonds is 19. The molecule has 0 heterocycles. The summed E-state index contributed by atoms with van der Waals surface area (Å²) in [6.45, 7) is 9.11. The van der Waals surface area contributed by atoms with Crippen molar-refractivity contribution in [2.75, 3.05) is 53.5 Å². The maximum Gasteiger partial charge on any atom is 0.407 e. The molecular weight excluding hydrogens is 632 g/mol. The SMILES string of the molecule is CN(CCCOC(=O)CC1CC(C)(C)CC(C)(CNC(=O)OCCCN(C)C(=O)NCCc2ccccc2)C1)C(=O)CCCc1ccccc1. The number of alkyl carbamates (subject to hydrolysis) is 1. The molecule has 2 aromatic rings. The minimum atomic E-state index is -0.472. The molecule has 50 heavy (non-hydrogen) atoms. The largest absolute Gasteiger partial charge is 0.466 e. The molecule has 276 valence electrons. The molecule has 1 fully saturated rings. The standard InChI is InChI=1S/C40H60N4O6/c1-39(2)28-34(27-36(46)49-25-13-23-43(4)35(45)20-12-19-32-15-8-6-9-16-32)29-40(3,30-39)31-42-38(48)50-26-14-24-44(5)37(47)41-22-21-33-17-10-7-11-18-33/h6-11,15-18,34H,12-14,19-31H2,1-5H3,(H,41,47)(H,42,48). The Morgan fingerprint density at radius 2 is 1.36 bits per heavy atom. The number of urea groups is 1. The number of esters is 1. The van der Waals surface area contributed by atoms with Crippen molar-refractivity contribution in [3.05, 3.63) is 71.8 Å². The van der Waals surface area contributed by atoms with Gasteiger partial charge in [0.15, 0.2) is 0 Å². The van der Waals surface area contributed by atoms with Crippen LogP contribution >= 0.6 is 0 Å². The zero-order valence-corrected chi connectivity index (χ0v) is 31.0. The van der Waals surface area contributed by atoms with E-state index >= 15 is 0 Å². The smallest absolute Gasteiger partial charge is 0.407 e. The van der Waals surface area contributed by atoms with Crippen molar-refractivity contribution in [3.63, 3.8) is 0 Å². The van der Waals surface area contributed by atoms with Crippen LogP contribution in [0.5, 0.6) is 0 Å². The van der Waals surface area contributed by atoms with E-state index in [9.17, 15) is 19.2 Å². The van der Waals surface area contributed by atoms with Crippen LogP contribution in [-0.2, 0) is 31.9 Å². The second-order valence-corrected chi connectivity index (χ2v) is 15.1. The molecule has 1 aliphatic rings. The number of carbonyl (C=O) groups excluding carboxylic acids is 4. The molecule has 2 atom stereocenters. The zero-order chi connectivity index (χ0) is 36.4. The normalized spacial score (nSPS) is 18.1. The third-order valence-corrected chi connectivity index (χ3v) is 9.42. The van der Waals surface area contributed by atoms with Crippen molar-refractivity contribution in [3.8, 4) is 0 Å². The van der Waals surface area contributed by atoms with Gasteiger partial charge in [0.2, 0.25) is 5.91 Å². The summed E-state index contributed by atoms with van der Waals surface area (Å²) in [5.74, 6) is 0.0438. The van der Waals surface area contributed by atoms with Gasteiger partial charge in [0, 0.05) is 53.1 Å². The molecule has 0 radical (unpaired) electrons. The Kier molecular flexibility index (Phi) is 16.6. The topological polar surface area (TPSA) is 117 Å². The molecule has 0 aliphatic heterocycles. The van der Waals surface area contributed by atoms with Gasteiger partial charge < -0.3 is 29.9 Å². The summed E-state index contributed by atoms with van der Waals surface area (Å²) in [4.78, 5) is 53.5. The van der Waals surface area contributed by atoms with Crippen LogP contribution in [0.2, 0.25) is 0 Å². The summed E-state index contributed by atoms with van der Waals surface area (Å²) < 4.78 is 11.0. The number of benzene rings is 2.